The number of carbonyl (C=O) groups excluding carboxylic acids is 2. The molecule has 0 aromatic heterocycles. The molecule has 2 amide bonds. The number of hydrogen-bond acceptors (Lipinski definition) is 4. The summed E-state index contributed by atoms with van der Waals surface area (Å²) < 4.78 is 13.4. The van der Waals surface area contributed by atoms with Gasteiger partial charge < -0.3 is 10.6 Å². The first-order valence-electron chi connectivity index (χ1n) is 7.41. The summed E-state index contributed by atoms with van der Waals surface area (Å²) in [5.41, 5.74) is 0.988. The van der Waals surface area contributed by atoms with Gasteiger partial charge in [0.1, 0.15) is 5.82 Å². The van der Waals surface area contributed by atoms with Gasteiger partial charge >= 0.3 is 0 Å². The number of aryl methyl sites for hydroxylation is 1. The molecule has 0 radical (unpaired) electrons. The Labute approximate surface area is 143 Å². The average molecular weight is 345 g/mol. The molecular weight excluding hydrogens is 329 g/mol. The number of halogens is 1. The van der Waals surface area contributed by atoms with Gasteiger partial charge in [0, 0.05) is 24.2 Å². The van der Waals surface area contributed by atoms with Gasteiger partial charge in [-0.15, -0.1) is 0 Å². The number of hydrogen-bond donors (Lipinski definition) is 2. The Hall–Kier alpha value is -3.29. The predicted octanol–water partition coefficient (Wildman–Crippen LogP) is 2.09. The highest BCUT2D eigenvalue weighted by molar-refractivity contribution is 5.96. The second kappa shape index (κ2) is 8.00. The van der Waals surface area contributed by atoms with Crippen LogP contribution in [-0.2, 0) is 11.3 Å². The largest absolute Gasteiger partial charge is 0.350 e. The third kappa shape index (κ3) is 5.10. The molecule has 0 aliphatic rings. The second-order valence-electron chi connectivity index (χ2n) is 5.35. The molecule has 0 fully saturated rings. The van der Waals surface area contributed by atoms with Crippen molar-refractivity contribution >= 4 is 17.5 Å². The maximum Gasteiger partial charge on any atom is 0.270 e. The molecule has 2 rings (SSSR count). The fraction of sp³-hybridized carbons (Fsp3) is 0.176. The minimum atomic E-state index is -0.607. The highest BCUT2D eigenvalue weighted by Crippen LogP contribution is 2.12. The van der Waals surface area contributed by atoms with E-state index in [1.165, 1.54) is 24.3 Å². The first-order valence-corrected chi connectivity index (χ1v) is 7.41. The number of nitrogens with zero attached hydrogens (tertiary/aromatic N) is 1. The Balaban J connectivity index is 1.85. The van der Waals surface area contributed by atoms with E-state index in [0.29, 0.717) is 11.1 Å². The maximum atomic E-state index is 13.4. The lowest BCUT2D eigenvalue weighted by Crippen LogP contribution is -2.36. The Morgan fingerprint density at radius 1 is 1.16 bits per heavy atom. The van der Waals surface area contributed by atoms with Gasteiger partial charge in [0.05, 0.1) is 11.5 Å². The van der Waals surface area contributed by atoms with E-state index >= 15 is 0 Å². The van der Waals surface area contributed by atoms with Gasteiger partial charge in [-0.3, -0.25) is 19.7 Å². The Morgan fingerprint density at radius 2 is 1.92 bits per heavy atom. The maximum absolute atomic E-state index is 13.4. The summed E-state index contributed by atoms with van der Waals surface area (Å²) in [6, 6.07) is 9.83. The van der Waals surface area contributed by atoms with Crippen LogP contribution in [0.2, 0.25) is 0 Å². The van der Waals surface area contributed by atoms with Crippen LogP contribution in [0.3, 0.4) is 0 Å². The van der Waals surface area contributed by atoms with Crippen LogP contribution in [0.4, 0.5) is 10.1 Å². The Bertz CT molecular complexity index is 823. The lowest BCUT2D eigenvalue weighted by atomic mass is 10.1. The number of benzene rings is 2. The molecule has 0 spiro atoms. The SMILES string of the molecule is Cc1ccc(CNC(=O)CNC(=O)c2cccc([N+](=O)[O-])c2)cc1F. The number of carbonyl (C=O) groups is 2. The second-order valence-corrected chi connectivity index (χ2v) is 5.35. The summed E-state index contributed by atoms with van der Waals surface area (Å²) in [5, 5.41) is 15.6. The average Bonchev–Trinajstić information content (AvgIpc) is 2.60. The van der Waals surface area contributed by atoms with Crippen LogP contribution in [0.15, 0.2) is 42.5 Å². The molecule has 0 heterocycles. The molecule has 0 saturated heterocycles. The summed E-state index contributed by atoms with van der Waals surface area (Å²) in [5.74, 6) is -1.41. The molecule has 0 saturated carbocycles. The van der Waals surface area contributed by atoms with E-state index in [-0.39, 0.29) is 30.2 Å². The molecule has 0 atom stereocenters. The van der Waals surface area contributed by atoms with E-state index in [4.69, 9.17) is 0 Å². The summed E-state index contributed by atoms with van der Waals surface area (Å²) >= 11 is 0. The molecule has 0 aliphatic carbocycles. The van der Waals surface area contributed by atoms with Crippen LogP contribution in [0.1, 0.15) is 21.5 Å². The predicted molar refractivity (Wildman–Crippen MR) is 88.4 cm³/mol. The third-order valence-electron chi connectivity index (χ3n) is 3.45. The topological polar surface area (TPSA) is 101 Å². The van der Waals surface area contributed by atoms with Crippen molar-refractivity contribution in [2.24, 2.45) is 0 Å². The monoisotopic (exact) mass is 345 g/mol. The molecule has 2 aromatic rings. The lowest BCUT2D eigenvalue weighted by Gasteiger charge is -2.08. The quantitative estimate of drug-likeness (QED) is 0.618. The zero-order valence-electron chi connectivity index (χ0n) is 13.4. The zero-order valence-corrected chi connectivity index (χ0v) is 13.4. The first kappa shape index (κ1) is 18.1. The van der Waals surface area contributed by atoms with Crippen LogP contribution in [0.25, 0.3) is 0 Å². The van der Waals surface area contributed by atoms with Gasteiger partial charge in [0.15, 0.2) is 0 Å². The number of nitro benzene ring substituents is 1. The number of nitro groups is 1. The number of nitrogens with one attached hydrogen (secondary N) is 2. The van der Waals surface area contributed by atoms with E-state index in [9.17, 15) is 24.1 Å². The summed E-state index contributed by atoms with van der Waals surface area (Å²) in [7, 11) is 0. The molecular formula is C17H16FN3O4. The van der Waals surface area contributed by atoms with Gasteiger partial charge in [-0.1, -0.05) is 18.2 Å². The summed E-state index contributed by atoms with van der Waals surface area (Å²) in [6.07, 6.45) is 0. The zero-order chi connectivity index (χ0) is 18.4. The summed E-state index contributed by atoms with van der Waals surface area (Å²) in [4.78, 5) is 33.8. The molecule has 130 valence electrons. The van der Waals surface area contributed by atoms with Crippen LogP contribution in [0.5, 0.6) is 0 Å². The van der Waals surface area contributed by atoms with Gasteiger partial charge in [-0.25, -0.2) is 4.39 Å². The van der Waals surface area contributed by atoms with Crippen LogP contribution >= 0.6 is 0 Å². The molecule has 8 heteroatoms. The molecule has 2 aromatic carbocycles. The van der Waals surface area contributed by atoms with Crippen molar-refractivity contribution in [2.75, 3.05) is 6.54 Å². The van der Waals surface area contributed by atoms with Crippen LogP contribution in [0, 0.1) is 22.9 Å². The number of rotatable bonds is 6. The molecule has 25 heavy (non-hydrogen) atoms. The third-order valence-corrected chi connectivity index (χ3v) is 3.45. The number of amides is 2. The normalized spacial score (nSPS) is 10.2. The van der Waals surface area contributed by atoms with Gasteiger partial charge in [0.2, 0.25) is 5.91 Å². The molecule has 0 bridgehead atoms. The lowest BCUT2D eigenvalue weighted by molar-refractivity contribution is -0.384. The smallest absolute Gasteiger partial charge is 0.270 e. The first-order chi connectivity index (χ1) is 11.9. The minimum absolute atomic E-state index is 0.0857. The minimum Gasteiger partial charge on any atom is -0.350 e. The van der Waals surface area contributed by atoms with Crippen molar-refractivity contribution in [1.82, 2.24) is 10.6 Å². The molecule has 7 nitrogen and oxygen atoms in total. The van der Waals surface area contributed by atoms with Crippen molar-refractivity contribution in [2.45, 2.75) is 13.5 Å². The Kier molecular flexibility index (Phi) is 5.78. The van der Waals surface area contributed by atoms with Crippen molar-refractivity contribution in [3.05, 3.63) is 75.1 Å². The van der Waals surface area contributed by atoms with Gasteiger partial charge in [0.25, 0.3) is 11.6 Å². The highest BCUT2D eigenvalue weighted by Gasteiger charge is 2.12. The number of non-ortho nitro benzene ring substituents is 1. The van der Waals surface area contributed by atoms with Crippen molar-refractivity contribution < 1.29 is 18.9 Å². The highest BCUT2D eigenvalue weighted by atomic mass is 19.1. The van der Waals surface area contributed by atoms with E-state index in [1.54, 1.807) is 19.1 Å². The fourth-order valence-corrected chi connectivity index (χ4v) is 2.03. The van der Waals surface area contributed by atoms with E-state index in [0.717, 1.165) is 6.07 Å². The van der Waals surface area contributed by atoms with Crippen molar-refractivity contribution in [3.8, 4) is 0 Å². The molecule has 0 aliphatic heterocycles. The van der Waals surface area contributed by atoms with Gasteiger partial charge in [-0.05, 0) is 30.2 Å². The van der Waals surface area contributed by atoms with E-state index in [2.05, 4.69) is 10.6 Å². The molecule has 0 unspecified atom stereocenters. The molecule has 2 N–H and O–H groups in total. The van der Waals surface area contributed by atoms with Crippen molar-refractivity contribution in [1.29, 1.82) is 0 Å². The standard InChI is InChI=1S/C17H16FN3O4/c1-11-5-6-12(7-15(11)18)9-19-16(22)10-20-17(23)13-3-2-4-14(8-13)21(24)25/h2-8H,9-10H2,1H3,(H,19,22)(H,20,23). The van der Waals surface area contributed by atoms with Gasteiger partial charge in [-0.2, -0.15) is 0 Å². The van der Waals surface area contributed by atoms with E-state index < -0.39 is 16.7 Å². The van der Waals surface area contributed by atoms with Crippen LogP contribution in [-0.4, -0.2) is 23.3 Å². The Morgan fingerprint density at radius 3 is 2.60 bits per heavy atom. The van der Waals surface area contributed by atoms with E-state index in [1.807, 2.05) is 0 Å². The fourth-order valence-electron chi connectivity index (χ4n) is 2.03. The summed E-state index contributed by atoms with van der Waals surface area (Å²) in [6.45, 7) is 1.47. The van der Waals surface area contributed by atoms with Crippen molar-refractivity contribution in [3.63, 3.8) is 0 Å². The van der Waals surface area contributed by atoms with Crippen LogP contribution < -0.4 is 10.6 Å².